The van der Waals surface area contributed by atoms with Crippen LogP contribution in [0.15, 0.2) is 0 Å². The number of amides is 1. The number of ether oxygens (including phenoxy) is 1. The number of carbonyl (C=O) groups excluding carboxylic acids is 1. The maximum absolute atomic E-state index is 12.2. The topological polar surface area (TPSA) is 55.6 Å². The van der Waals surface area contributed by atoms with Crippen LogP contribution < -0.4 is 5.73 Å². The van der Waals surface area contributed by atoms with Crippen LogP contribution in [-0.2, 0) is 9.53 Å². The highest BCUT2D eigenvalue weighted by atomic mass is 16.5. The Kier molecular flexibility index (Phi) is 6.65. The molecule has 1 rings (SSSR count). The number of nitrogens with zero attached hydrogens (tertiary/aromatic N) is 1. The van der Waals surface area contributed by atoms with Crippen LogP contribution in [0.4, 0.5) is 0 Å². The molecule has 4 nitrogen and oxygen atoms in total. The molecule has 0 aromatic rings. The Balaban J connectivity index is 2.36. The molecule has 0 radical (unpaired) electrons. The molecule has 2 unspecified atom stereocenters. The van der Waals surface area contributed by atoms with E-state index in [4.69, 9.17) is 10.5 Å². The highest BCUT2D eigenvalue weighted by molar-refractivity contribution is 5.76. The Morgan fingerprint density at radius 3 is 2.78 bits per heavy atom. The summed E-state index contributed by atoms with van der Waals surface area (Å²) in [5, 5.41) is 0. The zero-order chi connectivity index (χ0) is 13.5. The molecule has 1 saturated heterocycles. The Morgan fingerprint density at radius 2 is 2.22 bits per heavy atom. The smallest absolute Gasteiger partial charge is 0.222 e. The van der Waals surface area contributed by atoms with Gasteiger partial charge in [-0.05, 0) is 31.2 Å². The first kappa shape index (κ1) is 15.4. The van der Waals surface area contributed by atoms with E-state index in [1.807, 2.05) is 4.90 Å². The largest absolute Gasteiger partial charge is 0.384 e. The molecule has 0 spiro atoms. The average Bonchev–Trinajstić information content (AvgIpc) is 2.76. The van der Waals surface area contributed by atoms with Crippen LogP contribution in [0.25, 0.3) is 0 Å². The van der Waals surface area contributed by atoms with E-state index in [-0.39, 0.29) is 5.91 Å². The minimum Gasteiger partial charge on any atom is -0.384 e. The summed E-state index contributed by atoms with van der Waals surface area (Å²) in [6, 6.07) is 0. The van der Waals surface area contributed by atoms with E-state index >= 15 is 0 Å². The third kappa shape index (κ3) is 4.94. The normalized spacial score (nSPS) is 21.6. The van der Waals surface area contributed by atoms with E-state index in [2.05, 4.69) is 13.8 Å². The van der Waals surface area contributed by atoms with Crippen LogP contribution in [0, 0.1) is 17.8 Å². The Bertz CT molecular complexity index is 256. The molecule has 0 bridgehead atoms. The zero-order valence-corrected chi connectivity index (χ0v) is 12.0. The van der Waals surface area contributed by atoms with Crippen molar-refractivity contribution >= 4 is 5.91 Å². The first-order valence-corrected chi connectivity index (χ1v) is 7.03. The molecule has 2 N–H and O–H groups in total. The third-order valence-electron chi connectivity index (χ3n) is 3.64. The third-order valence-corrected chi connectivity index (χ3v) is 3.64. The van der Waals surface area contributed by atoms with Crippen LogP contribution >= 0.6 is 0 Å². The molecule has 1 heterocycles. The Hall–Kier alpha value is -0.610. The van der Waals surface area contributed by atoms with Crippen molar-refractivity contribution in [2.45, 2.75) is 33.1 Å². The Labute approximate surface area is 111 Å². The molecular weight excluding hydrogens is 228 g/mol. The van der Waals surface area contributed by atoms with Gasteiger partial charge in [-0.25, -0.2) is 0 Å². The van der Waals surface area contributed by atoms with Crippen LogP contribution in [0.2, 0.25) is 0 Å². The second-order valence-electron chi connectivity index (χ2n) is 5.89. The van der Waals surface area contributed by atoms with Gasteiger partial charge >= 0.3 is 0 Å². The molecule has 1 fully saturated rings. The maximum atomic E-state index is 12.2. The lowest BCUT2D eigenvalue weighted by Crippen LogP contribution is -2.32. The number of methoxy groups -OCH3 is 1. The quantitative estimate of drug-likeness (QED) is 0.751. The lowest BCUT2D eigenvalue weighted by Gasteiger charge is -2.21. The molecule has 0 saturated carbocycles. The lowest BCUT2D eigenvalue weighted by molar-refractivity contribution is -0.131. The highest BCUT2D eigenvalue weighted by Gasteiger charge is 2.27. The van der Waals surface area contributed by atoms with Crippen LogP contribution in [-0.4, -0.2) is 44.2 Å². The number of hydrogen-bond donors (Lipinski definition) is 1. The first-order chi connectivity index (χ1) is 8.56. The van der Waals surface area contributed by atoms with E-state index in [1.54, 1.807) is 7.11 Å². The van der Waals surface area contributed by atoms with Gasteiger partial charge < -0.3 is 15.4 Å². The summed E-state index contributed by atoms with van der Waals surface area (Å²) < 4.78 is 5.15. The molecule has 0 aliphatic carbocycles. The van der Waals surface area contributed by atoms with Gasteiger partial charge in [-0.1, -0.05) is 13.8 Å². The van der Waals surface area contributed by atoms with Crippen molar-refractivity contribution in [3.05, 3.63) is 0 Å². The number of rotatable bonds is 7. The van der Waals surface area contributed by atoms with Crippen LogP contribution in [0.5, 0.6) is 0 Å². The van der Waals surface area contributed by atoms with E-state index in [1.165, 1.54) is 0 Å². The summed E-state index contributed by atoms with van der Waals surface area (Å²) >= 11 is 0. The molecule has 0 aromatic heterocycles. The number of likely N-dealkylation sites (tertiary alicyclic amines) is 1. The fourth-order valence-electron chi connectivity index (χ4n) is 2.74. The number of hydrogen-bond acceptors (Lipinski definition) is 3. The van der Waals surface area contributed by atoms with Gasteiger partial charge in [-0.2, -0.15) is 0 Å². The maximum Gasteiger partial charge on any atom is 0.222 e. The van der Waals surface area contributed by atoms with E-state index in [0.29, 0.717) is 30.7 Å². The molecule has 1 aliphatic rings. The van der Waals surface area contributed by atoms with Crippen molar-refractivity contribution in [3.8, 4) is 0 Å². The van der Waals surface area contributed by atoms with E-state index in [9.17, 15) is 4.79 Å². The second-order valence-corrected chi connectivity index (χ2v) is 5.89. The van der Waals surface area contributed by atoms with Crippen molar-refractivity contribution in [1.29, 1.82) is 0 Å². The van der Waals surface area contributed by atoms with Gasteiger partial charge in [0.2, 0.25) is 5.91 Å². The summed E-state index contributed by atoms with van der Waals surface area (Å²) in [4.78, 5) is 14.2. The molecule has 106 valence electrons. The Morgan fingerprint density at radius 1 is 1.50 bits per heavy atom. The van der Waals surface area contributed by atoms with Crippen LogP contribution in [0.3, 0.4) is 0 Å². The molecule has 1 aliphatic heterocycles. The standard InChI is InChI=1S/C14H28N2O2/c1-11(2)6-13(8-15)7-14(17)16-5-4-12(9-16)10-18-3/h11-13H,4-10,15H2,1-3H3. The van der Waals surface area contributed by atoms with Crippen LogP contribution in [0.1, 0.15) is 33.1 Å². The molecule has 0 aromatic carbocycles. The van der Waals surface area contributed by atoms with Gasteiger partial charge in [-0.15, -0.1) is 0 Å². The minimum atomic E-state index is 0.268. The molecule has 4 heteroatoms. The van der Waals surface area contributed by atoms with Crippen molar-refractivity contribution in [3.63, 3.8) is 0 Å². The summed E-state index contributed by atoms with van der Waals surface area (Å²) in [5.41, 5.74) is 5.75. The van der Waals surface area contributed by atoms with Gasteiger partial charge in [-0.3, -0.25) is 4.79 Å². The first-order valence-electron chi connectivity index (χ1n) is 7.03. The van der Waals surface area contributed by atoms with E-state index in [0.717, 1.165) is 32.5 Å². The summed E-state index contributed by atoms with van der Waals surface area (Å²) in [6.07, 6.45) is 2.71. The second kappa shape index (κ2) is 7.74. The van der Waals surface area contributed by atoms with Crippen molar-refractivity contribution in [2.75, 3.05) is 33.4 Å². The number of nitrogens with two attached hydrogens (primary N) is 1. The van der Waals surface area contributed by atoms with E-state index < -0.39 is 0 Å². The van der Waals surface area contributed by atoms with Crippen molar-refractivity contribution in [2.24, 2.45) is 23.5 Å². The monoisotopic (exact) mass is 256 g/mol. The van der Waals surface area contributed by atoms with Crippen molar-refractivity contribution < 1.29 is 9.53 Å². The average molecular weight is 256 g/mol. The predicted octanol–water partition coefficient (Wildman–Crippen LogP) is 1.49. The van der Waals surface area contributed by atoms with Crippen molar-refractivity contribution in [1.82, 2.24) is 4.90 Å². The fraction of sp³-hybridized carbons (Fsp3) is 0.929. The fourth-order valence-corrected chi connectivity index (χ4v) is 2.74. The molecule has 18 heavy (non-hydrogen) atoms. The molecular formula is C14H28N2O2. The van der Waals surface area contributed by atoms with Gasteiger partial charge in [0, 0.05) is 32.5 Å². The van der Waals surface area contributed by atoms with Gasteiger partial charge in [0.05, 0.1) is 6.61 Å². The minimum absolute atomic E-state index is 0.268. The lowest BCUT2D eigenvalue weighted by atomic mass is 9.94. The highest BCUT2D eigenvalue weighted by Crippen LogP contribution is 2.20. The summed E-state index contributed by atoms with van der Waals surface area (Å²) in [7, 11) is 1.72. The van der Waals surface area contributed by atoms with Gasteiger partial charge in [0.1, 0.15) is 0 Å². The summed E-state index contributed by atoms with van der Waals surface area (Å²) in [6.45, 7) is 7.46. The number of carbonyl (C=O) groups is 1. The van der Waals surface area contributed by atoms with Gasteiger partial charge in [0.15, 0.2) is 0 Å². The zero-order valence-electron chi connectivity index (χ0n) is 12.0. The SMILES string of the molecule is COCC1CCN(C(=O)CC(CN)CC(C)C)C1. The summed E-state index contributed by atoms with van der Waals surface area (Å²) in [5.74, 6) is 1.72. The van der Waals surface area contributed by atoms with Gasteiger partial charge in [0.25, 0.3) is 0 Å². The molecule has 1 amide bonds. The predicted molar refractivity (Wildman–Crippen MR) is 73.2 cm³/mol. The molecule has 2 atom stereocenters.